The van der Waals surface area contributed by atoms with Crippen molar-refractivity contribution in [1.29, 1.82) is 0 Å². The van der Waals surface area contributed by atoms with Crippen LogP contribution in [0.3, 0.4) is 0 Å². The Morgan fingerprint density at radius 2 is 1.46 bits per heavy atom. The molecule has 0 amide bonds. The van der Waals surface area contributed by atoms with Gasteiger partial charge in [-0.3, -0.25) is 0 Å². The van der Waals surface area contributed by atoms with Gasteiger partial charge in [0.25, 0.3) is 0 Å². The molecule has 1 nitrogen and oxygen atoms in total. The molecule has 1 aliphatic heterocycles. The third kappa shape index (κ3) is 6.59. The minimum absolute atomic E-state index is 0.0227. The summed E-state index contributed by atoms with van der Waals surface area (Å²) >= 11 is 1.85. The van der Waals surface area contributed by atoms with E-state index in [9.17, 15) is 0 Å². The zero-order valence-corrected chi connectivity index (χ0v) is 31.0. The van der Waals surface area contributed by atoms with Gasteiger partial charge in [-0.15, -0.1) is 11.3 Å². The minimum Gasteiger partial charge on any atom is -0.485 e. The van der Waals surface area contributed by atoms with Crippen LogP contribution in [-0.4, -0.2) is 6.10 Å². The maximum Gasteiger partial charge on any atom is 0.128 e. The highest BCUT2D eigenvalue weighted by molar-refractivity contribution is 7.20. The molecule has 4 atom stereocenters. The number of ether oxygens (including phenoxy) is 1. The molecular formula is C52H42OS. The van der Waals surface area contributed by atoms with Gasteiger partial charge in [-0.2, -0.15) is 0 Å². The minimum atomic E-state index is 0.0227. The van der Waals surface area contributed by atoms with Crippen LogP contribution in [0.1, 0.15) is 45.9 Å². The first-order valence-corrected chi connectivity index (χ1v) is 19.8. The molecule has 4 aromatic carbocycles. The molecule has 1 aromatic heterocycles. The topological polar surface area (TPSA) is 9.23 Å². The fraction of sp³-hybridized carbons (Fsp3) is 0.115. The number of allylic oxidation sites excluding steroid dienone is 14. The normalized spacial score (nSPS) is 20.7. The summed E-state index contributed by atoms with van der Waals surface area (Å²) in [6.45, 7) is 4.64. The van der Waals surface area contributed by atoms with Gasteiger partial charge in [0.2, 0.25) is 0 Å². The van der Waals surface area contributed by atoms with Gasteiger partial charge in [-0.25, -0.2) is 0 Å². The smallest absolute Gasteiger partial charge is 0.128 e. The van der Waals surface area contributed by atoms with E-state index in [1.165, 1.54) is 59.1 Å². The maximum atomic E-state index is 6.39. The molecular weight excluding hydrogens is 673 g/mol. The Hall–Kier alpha value is -5.96. The highest BCUT2D eigenvalue weighted by Crippen LogP contribution is 2.46. The number of hydrogen-bond acceptors (Lipinski definition) is 2. The van der Waals surface area contributed by atoms with Crippen LogP contribution in [0.4, 0.5) is 0 Å². The predicted molar refractivity (Wildman–Crippen MR) is 233 cm³/mol. The summed E-state index contributed by atoms with van der Waals surface area (Å²) in [5.74, 6) is 1.97. The Balaban J connectivity index is 0.956. The Labute approximate surface area is 322 Å². The highest BCUT2D eigenvalue weighted by atomic mass is 32.1. The van der Waals surface area contributed by atoms with Crippen LogP contribution in [0.15, 0.2) is 195 Å². The van der Waals surface area contributed by atoms with Crippen molar-refractivity contribution in [3.8, 4) is 5.75 Å². The molecule has 9 rings (SSSR count). The van der Waals surface area contributed by atoms with Crippen LogP contribution < -0.4 is 4.74 Å². The van der Waals surface area contributed by atoms with Gasteiger partial charge in [-0.05, 0) is 75.7 Å². The van der Waals surface area contributed by atoms with E-state index in [0.717, 1.165) is 24.2 Å². The Morgan fingerprint density at radius 3 is 2.39 bits per heavy atom. The van der Waals surface area contributed by atoms with E-state index in [1.54, 1.807) is 0 Å². The van der Waals surface area contributed by atoms with Crippen LogP contribution in [0.2, 0.25) is 0 Å². The maximum absolute atomic E-state index is 6.39. The summed E-state index contributed by atoms with van der Waals surface area (Å²) in [6, 6.07) is 39.0. The molecule has 0 bridgehead atoms. The lowest BCUT2D eigenvalue weighted by molar-refractivity contribution is 0.269. The van der Waals surface area contributed by atoms with E-state index in [1.807, 2.05) is 11.3 Å². The SMILES string of the molecule is C=C(CC/C=C/C=C/c1sc2ccccc2c1C1=CC2Oc3ccccc3C2C=C1)c1ccccccc(C2=CC=CC3C=CC=CC23)c2ccccc12. The lowest BCUT2D eigenvalue weighted by Gasteiger charge is -2.27. The van der Waals surface area contributed by atoms with Gasteiger partial charge in [-0.1, -0.05) is 177 Å². The molecule has 0 radical (unpaired) electrons. The molecule has 0 saturated carbocycles. The van der Waals surface area contributed by atoms with Crippen molar-refractivity contribution in [2.24, 2.45) is 11.8 Å². The van der Waals surface area contributed by atoms with E-state index in [0.29, 0.717) is 11.8 Å². The van der Waals surface area contributed by atoms with Crippen molar-refractivity contribution in [3.05, 3.63) is 222 Å². The second kappa shape index (κ2) is 15.2. The highest BCUT2D eigenvalue weighted by Gasteiger charge is 2.33. The van der Waals surface area contributed by atoms with E-state index in [-0.39, 0.29) is 12.0 Å². The van der Waals surface area contributed by atoms with Gasteiger partial charge < -0.3 is 4.74 Å². The van der Waals surface area contributed by atoms with Crippen LogP contribution in [-0.2, 0) is 0 Å². The van der Waals surface area contributed by atoms with Crippen molar-refractivity contribution in [2.75, 3.05) is 0 Å². The van der Waals surface area contributed by atoms with Crippen LogP contribution >= 0.6 is 11.3 Å². The Bertz CT molecular complexity index is 2580. The molecule has 0 spiro atoms. The van der Waals surface area contributed by atoms with Crippen molar-refractivity contribution < 1.29 is 4.74 Å². The quantitative estimate of drug-likeness (QED) is 0.145. The number of hydrogen-bond donors (Lipinski definition) is 0. The first-order chi connectivity index (χ1) is 26.7. The largest absolute Gasteiger partial charge is 0.485 e. The summed E-state index contributed by atoms with van der Waals surface area (Å²) in [6.07, 6.45) is 33.4. The van der Waals surface area contributed by atoms with Gasteiger partial charge in [0.05, 0.1) is 0 Å². The molecule has 54 heavy (non-hydrogen) atoms. The lowest BCUT2D eigenvalue weighted by atomic mass is 9.76. The monoisotopic (exact) mass is 714 g/mol. The van der Waals surface area contributed by atoms with E-state index in [4.69, 9.17) is 4.74 Å². The van der Waals surface area contributed by atoms with Crippen molar-refractivity contribution in [3.63, 3.8) is 0 Å². The third-order valence-electron chi connectivity index (χ3n) is 10.9. The number of thiophene rings is 1. The number of rotatable bonds is 8. The molecule has 3 aliphatic carbocycles. The van der Waals surface area contributed by atoms with Crippen molar-refractivity contribution in [1.82, 2.24) is 0 Å². The second-order valence-electron chi connectivity index (χ2n) is 14.3. The zero-order chi connectivity index (χ0) is 36.3. The molecule has 4 aliphatic rings. The first-order valence-electron chi connectivity index (χ1n) is 19.0. The van der Waals surface area contributed by atoms with Crippen LogP contribution in [0, 0.1) is 11.8 Å². The first kappa shape index (κ1) is 33.8. The second-order valence-corrected chi connectivity index (χ2v) is 15.3. The average Bonchev–Trinajstić information content (AvgIpc) is 3.78. The van der Waals surface area contributed by atoms with Gasteiger partial charge in [0.1, 0.15) is 11.9 Å². The molecule has 0 N–H and O–H groups in total. The molecule has 0 fully saturated rings. The summed E-state index contributed by atoms with van der Waals surface area (Å²) in [7, 11) is 0. The number of fused-ring (bicyclic) bond motifs is 6. The van der Waals surface area contributed by atoms with Crippen molar-refractivity contribution in [2.45, 2.75) is 24.9 Å². The Morgan fingerprint density at radius 1 is 0.704 bits per heavy atom. The van der Waals surface area contributed by atoms with Gasteiger partial charge >= 0.3 is 0 Å². The molecule has 0 saturated heterocycles. The standard InChI is InChI=1S/C52H42OS/c1-36(39-22-7-3-4-8-24-44(43-26-13-12-25-41(39)43)42-29-18-21-37-20-10-11-23-40(37)42)19-6-2-5-9-32-51-52(47-28-15-17-31-50(47)54-51)38-33-34-46-45-27-14-16-30-48(45)53-49(46)35-38/h2-5,7-18,20-35,37,40,46,49H,1,6,19H2/b4-3?,5-2+,7-3?,8-4?,22-7?,24-8?,32-9+,39-22?,41-39?,44-24?,44-43?. The van der Waals surface area contributed by atoms with Crippen LogP contribution in [0.5, 0.6) is 5.75 Å². The van der Waals surface area contributed by atoms with Gasteiger partial charge in [0, 0.05) is 43.8 Å². The summed E-state index contributed by atoms with van der Waals surface area (Å²) in [5, 5.41) is 3.76. The predicted octanol–water partition coefficient (Wildman–Crippen LogP) is 14.1. The fourth-order valence-corrected chi connectivity index (χ4v) is 9.46. The molecule has 2 heteroatoms. The summed E-state index contributed by atoms with van der Waals surface area (Å²) in [5.41, 5.74) is 8.73. The lowest BCUT2D eigenvalue weighted by Crippen LogP contribution is -2.17. The van der Waals surface area contributed by atoms with Gasteiger partial charge in [0.15, 0.2) is 0 Å². The summed E-state index contributed by atoms with van der Waals surface area (Å²) in [4.78, 5) is 1.26. The average molecular weight is 715 g/mol. The number of para-hydroxylation sites is 1. The molecule has 5 aromatic rings. The molecule has 4 unspecified atom stereocenters. The summed E-state index contributed by atoms with van der Waals surface area (Å²) < 4.78 is 7.69. The third-order valence-corrected chi connectivity index (χ3v) is 12.1. The molecule has 2 heterocycles. The Kier molecular flexibility index (Phi) is 9.52. The number of benzene rings is 3. The molecule has 262 valence electrons. The van der Waals surface area contributed by atoms with E-state index < -0.39 is 0 Å². The van der Waals surface area contributed by atoms with E-state index >= 15 is 0 Å². The zero-order valence-electron chi connectivity index (χ0n) is 30.2. The van der Waals surface area contributed by atoms with Crippen LogP contribution in [0.25, 0.3) is 43.7 Å². The van der Waals surface area contributed by atoms with E-state index in [2.05, 4.69) is 201 Å². The fourth-order valence-electron chi connectivity index (χ4n) is 8.32. The van der Waals surface area contributed by atoms with Crippen molar-refractivity contribution >= 4 is 55.0 Å².